The second-order valence-corrected chi connectivity index (χ2v) is 10.6. The number of aromatic hydroxyl groups is 1. The number of nitrogens with one attached hydrogen (secondary N) is 2. The topological polar surface area (TPSA) is 69.8 Å². The quantitative estimate of drug-likeness (QED) is 0.478. The van der Waals surface area contributed by atoms with Crippen LogP contribution in [0.4, 0.5) is 0 Å². The van der Waals surface area contributed by atoms with Gasteiger partial charge in [-0.2, -0.15) is 0 Å². The van der Waals surface area contributed by atoms with Gasteiger partial charge in [-0.3, -0.25) is 4.90 Å². The summed E-state index contributed by atoms with van der Waals surface area (Å²) in [6.45, 7) is 5.63. The van der Waals surface area contributed by atoms with E-state index in [1.54, 1.807) is 20.3 Å². The number of aromatic amines is 1. The Morgan fingerprint density at radius 2 is 1.89 bits per heavy atom. The Bertz CT molecular complexity index is 1240. The lowest BCUT2D eigenvalue weighted by Crippen LogP contribution is -2.46. The van der Waals surface area contributed by atoms with Crippen LogP contribution >= 0.6 is 0 Å². The molecule has 4 atom stereocenters. The third-order valence-corrected chi connectivity index (χ3v) is 8.87. The molecule has 0 aliphatic carbocycles. The van der Waals surface area contributed by atoms with Crippen molar-refractivity contribution in [2.45, 2.75) is 51.1 Å². The van der Waals surface area contributed by atoms with Crippen LogP contribution in [0, 0.1) is 11.8 Å². The van der Waals surface area contributed by atoms with Gasteiger partial charge in [-0.1, -0.05) is 13.3 Å². The fourth-order valence-corrected chi connectivity index (χ4v) is 7.06. The molecule has 6 heteroatoms. The third kappa shape index (κ3) is 3.87. The molecule has 6 rings (SSSR count). The molecule has 0 bridgehead atoms. The molecule has 0 spiro atoms. The molecular weight excluding hydrogens is 438 g/mol. The lowest BCUT2D eigenvalue weighted by atomic mass is 9.73. The van der Waals surface area contributed by atoms with Crippen molar-refractivity contribution >= 4 is 10.9 Å². The van der Waals surface area contributed by atoms with Crippen molar-refractivity contribution in [1.29, 1.82) is 0 Å². The molecule has 1 fully saturated rings. The van der Waals surface area contributed by atoms with Crippen LogP contribution in [0.5, 0.6) is 17.2 Å². The predicted molar refractivity (Wildman–Crippen MR) is 138 cm³/mol. The molecule has 35 heavy (non-hydrogen) atoms. The number of ether oxygens (including phenoxy) is 2. The number of hydrogen-bond acceptors (Lipinski definition) is 5. The highest BCUT2D eigenvalue weighted by Gasteiger charge is 2.40. The molecule has 2 aromatic carbocycles. The maximum absolute atomic E-state index is 10.1. The van der Waals surface area contributed by atoms with E-state index in [-0.39, 0.29) is 0 Å². The fraction of sp³-hybridized carbons (Fsp3) is 0.517. The van der Waals surface area contributed by atoms with Gasteiger partial charge in [0.2, 0.25) is 0 Å². The van der Waals surface area contributed by atoms with Crippen LogP contribution in [0.3, 0.4) is 0 Å². The van der Waals surface area contributed by atoms with E-state index in [9.17, 15) is 5.11 Å². The van der Waals surface area contributed by atoms with Gasteiger partial charge in [-0.15, -0.1) is 0 Å². The molecule has 6 nitrogen and oxygen atoms in total. The number of rotatable bonds is 5. The molecule has 0 amide bonds. The van der Waals surface area contributed by atoms with Gasteiger partial charge in [0.1, 0.15) is 5.75 Å². The van der Waals surface area contributed by atoms with Gasteiger partial charge in [0.25, 0.3) is 0 Å². The summed E-state index contributed by atoms with van der Waals surface area (Å²) in [5, 5.41) is 15.1. The average molecular weight is 476 g/mol. The van der Waals surface area contributed by atoms with Gasteiger partial charge < -0.3 is 24.9 Å². The normalized spacial score (nSPS) is 26.1. The number of H-pyrrole nitrogens is 1. The van der Waals surface area contributed by atoms with E-state index in [0.717, 1.165) is 49.4 Å². The van der Waals surface area contributed by atoms with E-state index >= 15 is 0 Å². The maximum atomic E-state index is 10.1. The fourth-order valence-electron chi connectivity index (χ4n) is 7.06. The van der Waals surface area contributed by atoms with E-state index < -0.39 is 0 Å². The van der Waals surface area contributed by atoms with Crippen LogP contribution in [0.15, 0.2) is 30.3 Å². The van der Waals surface area contributed by atoms with Crippen LogP contribution in [-0.2, 0) is 12.8 Å². The van der Waals surface area contributed by atoms with Crippen LogP contribution in [0.2, 0.25) is 0 Å². The first-order valence-corrected chi connectivity index (χ1v) is 13.1. The highest BCUT2D eigenvalue weighted by atomic mass is 16.5. The molecule has 0 unspecified atom stereocenters. The van der Waals surface area contributed by atoms with Gasteiger partial charge in [-0.05, 0) is 91.1 Å². The monoisotopic (exact) mass is 475 g/mol. The minimum Gasteiger partial charge on any atom is -0.508 e. The smallest absolute Gasteiger partial charge is 0.161 e. The summed E-state index contributed by atoms with van der Waals surface area (Å²) in [4.78, 5) is 6.41. The summed E-state index contributed by atoms with van der Waals surface area (Å²) in [6, 6.07) is 10.9. The summed E-state index contributed by atoms with van der Waals surface area (Å²) in [5.41, 5.74) is 6.66. The van der Waals surface area contributed by atoms with Gasteiger partial charge in [-0.25, -0.2) is 0 Å². The number of aromatic nitrogens is 1. The summed E-state index contributed by atoms with van der Waals surface area (Å²) in [5.74, 6) is 3.36. The maximum Gasteiger partial charge on any atom is 0.161 e. The molecule has 0 saturated carbocycles. The first kappa shape index (κ1) is 22.7. The highest BCUT2D eigenvalue weighted by molar-refractivity contribution is 5.86. The van der Waals surface area contributed by atoms with Gasteiger partial charge in [0.05, 0.1) is 14.2 Å². The van der Waals surface area contributed by atoms with Crippen LogP contribution in [-0.4, -0.2) is 48.8 Å². The molecular formula is C29H37N3O3. The Labute approximate surface area is 207 Å². The van der Waals surface area contributed by atoms with Crippen molar-refractivity contribution < 1.29 is 14.6 Å². The number of methoxy groups -OCH3 is 2. The van der Waals surface area contributed by atoms with E-state index in [1.165, 1.54) is 47.2 Å². The first-order valence-electron chi connectivity index (χ1n) is 13.1. The van der Waals surface area contributed by atoms with Crippen LogP contribution in [0.25, 0.3) is 10.9 Å². The molecule has 3 aliphatic heterocycles. The molecule has 0 radical (unpaired) electrons. The summed E-state index contributed by atoms with van der Waals surface area (Å²) < 4.78 is 11.3. The predicted octanol–water partition coefficient (Wildman–Crippen LogP) is 5.11. The Morgan fingerprint density at radius 1 is 1.06 bits per heavy atom. The number of phenols is 1. The Balaban J connectivity index is 1.30. The SMILES string of the molecule is CC[C@H]1CN2CCc3cc(OC)c(OC)cc3[C@@H]2C[C@@H]1C[C@@H]1NCCc2c1[nH]c1ccc(O)cc21. The molecule has 186 valence electrons. The summed E-state index contributed by atoms with van der Waals surface area (Å²) in [7, 11) is 3.45. The zero-order valence-corrected chi connectivity index (χ0v) is 21.1. The highest BCUT2D eigenvalue weighted by Crippen LogP contribution is 2.47. The van der Waals surface area contributed by atoms with Gasteiger partial charge in [0.15, 0.2) is 11.5 Å². The second-order valence-electron chi connectivity index (χ2n) is 10.6. The molecule has 4 heterocycles. The number of nitrogens with zero attached hydrogens (tertiary/aromatic N) is 1. The van der Waals surface area contributed by atoms with Crippen molar-refractivity contribution in [3.63, 3.8) is 0 Å². The first-order chi connectivity index (χ1) is 17.1. The van der Waals surface area contributed by atoms with Gasteiger partial charge >= 0.3 is 0 Å². The van der Waals surface area contributed by atoms with Crippen molar-refractivity contribution in [3.05, 3.63) is 52.7 Å². The van der Waals surface area contributed by atoms with E-state index in [2.05, 4.69) is 34.3 Å². The van der Waals surface area contributed by atoms with Crippen molar-refractivity contribution in [1.82, 2.24) is 15.2 Å². The molecule has 1 saturated heterocycles. The average Bonchev–Trinajstić information content (AvgIpc) is 3.26. The van der Waals surface area contributed by atoms with Crippen LogP contribution in [0.1, 0.15) is 60.7 Å². The Morgan fingerprint density at radius 3 is 2.69 bits per heavy atom. The largest absolute Gasteiger partial charge is 0.508 e. The second kappa shape index (κ2) is 9.07. The van der Waals surface area contributed by atoms with Crippen molar-refractivity contribution in [2.24, 2.45) is 11.8 Å². The Hall–Kier alpha value is -2.70. The Kier molecular flexibility index (Phi) is 5.89. The molecule has 3 aromatic rings. The van der Waals surface area contributed by atoms with Crippen molar-refractivity contribution in [2.75, 3.05) is 33.9 Å². The third-order valence-electron chi connectivity index (χ3n) is 8.87. The summed E-state index contributed by atoms with van der Waals surface area (Å²) >= 11 is 0. The lowest BCUT2D eigenvalue weighted by Gasteiger charge is -2.48. The minimum atomic E-state index is 0.326. The van der Waals surface area contributed by atoms with E-state index in [0.29, 0.717) is 29.7 Å². The molecule has 3 aliphatic rings. The molecule has 1 aromatic heterocycles. The number of fused-ring (bicyclic) bond motifs is 6. The van der Waals surface area contributed by atoms with Crippen LogP contribution < -0.4 is 14.8 Å². The minimum absolute atomic E-state index is 0.326. The standard InChI is InChI=1S/C29H37N3O3/c1-4-17-16-32-10-8-18-13-27(34-2)28(35-3)15-22(18)26(32)12-19(17)11-25-29-21(7-9-30-25)23-14-20(33)5-6-24(23)31-29/h5-6,13-15,17,19,25-26,30-31,33H,4,7-12,16H2,1-3H3/t17-,19-,25-,26-/m0/s1. The zero-order valence-electron chi connectivity index (χ0n) is 21.1. The number of piperidine rings is 1. The van der Waals surface area contributed by atoms with Gasteiger partial charge in [0, 0.05) is 41.8 Å². The van der Waals surface area contributed by atoms with E-state index in [4.69, 9.17) is 9.47 Å². The zero-order chi connectivity index (χ0) is 24.1. The summed E-state index contributed by atoms with van der Waals surface area (Å²) in [6.07, 6.45) is 5.60. The number of phenolic OH excluding ortho intramolecular Hbond substituents is 1. The van der Waals surface area contributed by atoms with E-state index in [1.807, 2.05) is 12.1 Å². The number of hydrogen-bond donors (Lipinski definition) is 3. The van der Waals surface area contributed by atoms with Crippen molar-refractivity contribution in [3.8, 4) is 17.2 Å². The number of benzene rings is 2. The molecule has 3 N–H and O–H groups in total. The lowest BCUT2D eigenvalue weighted by molar-refractivity contribution is 0.0433.